The average molecular weight is 172 g/mol. The number of pyridine rings is 1. The van der Waals surface area contributed by atoms with Crippen molar-refractivity contribution in [3.8, 4) is 0 Å². The van der Waals surface area contributed by atoms with Crippen LogP contribution in [0.4, 0.5) is 5.69 Å². The van der Waals surface area contributed by atoms with Gasteiger partial charge in [0.1, 0.15) is 0 Å². The molecule has 0 aliphatic carbocycles. The zero-order valence-electron chi connectivity index (χ0n) is 7.83. The quantitative estimate of drug-likeness (QED) is 0.715. The number of nitrogens with zero attached hydrogens (tertiary/aromatic N) is 1. The number of rotatable bonds is 1. The van der Waals surface area contributed by atoms with Crippen molar-refractivity contribution < 1.29 is 0 Å². The highest BCUT2D eigenvalue weighted by Gasteiger charge is 1.95. The van der Waals surface area contributed by atoms with Gasteiger partial charge in [-0.2, -0.15) is 0 Å². The van der Waals surface area contributed by atoms with Crippen molar-refractivity contribution in [2.45, 2.75) is 6.92 Å². The van der Waals surface area contributed by atoms with Crippen molar-refractivity contribution in [1.82, 2.24) is 4.98 Å². The topological polar surface area (TPSA) is 24.9 Å². The second kappa shape index (κ2) is 3.05. The molecule has 66 valence electrons. The van der Waals surface area contributed by atoms with E-state index in [-0.39, 0.29) is 0 Å². The first-order valence-corrected chi connectivity index (χ1v) is 4.34. The van der Waals surface area contributed by atoms with E-state index in [9.17, 15) is 0 Å². The number of anilines is 1. The second-order valence-corrected chi connectivity index (χ2v) is 3.14. The van der Waals surface area contributed by atoms with Gasteiger partial charge in [-0.1, -0.05) is 6.07 Å². The van der Waals surface area contributed by atoms with E-state index in [2.05, 4.69) is 34.6 Å². The van der Waals surface area contributed by atoms with Gasteiger partial charge in [-0.05, 0) is 30.5 Å². The minimum Gasteiger partial charge on any atom is -0.388 e. The van der Waals surface area contributed by atoms with Crippen LogP contribution in [0.25, 0.3) is 10.8 Å². The molecule has 1 heterocycles. The highest BCUT2D eigenvalue weighted by atomic mass is 14.8. The number of nitrogens with one attached hydrogen (secondary N) is 1. The number of hydrogen-bond acceptors (Lipinski definition) is 2. The molecule has 0 radical (unpaired) electrons. The van der Waals surface area contributed by atoms with E-state index in [1.807, 2.05) is 20.2 Å². The van der Waals surface area contributed by atoms with Gasteiger partial charge in [0.2, 0.25) is 0 Å². The van der Waals surface area contributed by atoms with Gasteiger partial charge in [0.25, 0.3) is 0 Å². The van der Waals surface area contributed by atoms with Crippen LogP contribution in [0.15, 0.2) is 30.5 Å². The molecule has 1 aromatic carbocycles. The molecule has 1 N–H and O–H groups in total. The summed E-state index contributed by atoms with van der Waals surface area (Å²) in [6.45, 7) is 2.01. The van der Waals surface area contributed by atoms with Crippen LogP contribution in [0.2, 0.25) is 0 Å². The smallest absolute Gasteiger partial charge is 0.0379 e. The van der Waals surface area contributed by atoms with Crippen molar-refractivity contribution in [2.75, 3.05) is 12.4 Å². The number of fused-ring (bicyclic) bond motifs is 1. The Balaban J connectivity index is 2.68. The van der Waals surface area contributed by atoms with Gasteiger partial charge >= 0.3 is 0 Å². The number of benzene rings is 1. The fourth-order valence-corrected chi connectivity index (χ4v) is 1.41. The van der Waals surface area contributed by atoms with Gasteiger partial charge in [0.15, 0.2) is 0 Å². The molecule has 0 unspecified atom stereocenters. The molecule has 2 rings (SSSR count). The fraction of sp³-hybridized carbons (Fsp3) is 0.182. The normalized spacial score (nSPS) is 10.3. The minimum atomic E-state index is 1.06. The third kappa shape index (κ3) is 1.47. The van der Waals surface area contributed by atoms with Crippen LogP contribution in [0.5, 0.6) is 0 Å². The van der Waals surface area contributed by atoms with Crippen LogP contribution in [0.3, 0.4) is 0 Å². The Bertz CT molecular complexity index is 435. The lowest BCUT2D eigenvalue weighted by Gasteiger charge is -2.02. The standard InChI is InChI=1S/C11H12N2/c1-8-5-10-6-11(12-2)4-3-9(10)7-13-8/h3-7,12H,1-2H3. The summed E-state index contributed by atoms with van der Waals surface area (Å²) in [6.07, 6.45) is 1.91. The van der Waals surface area contributed by atoms with E-state index in [1.54, 1.807) is 0 Å². The third-order valence-corrected chi connectivity index (χ3v) is 2.15. The van der Waals surface area contributed by atoms with E-state index >= 15 is 0 Å². The van der Waals surface area contributed by atoms with Crippen molar-refractivity contribution >= 4 is 16.5 Å². The number of aryl methyl sites for hydroxylation is 1. The highest BCUT2D eigenvalue weighted by Crippen LogP contribution is 2.18. The maximum Gasteiger partial charge on any atom is 0.0379 e. The summed E-state index contributed by atoms with van der Waals surface area (Å²) in [5, 5.41) is 5.54. The molecule has 2 heteroatoms. The van der Waals surface area contributed by atoms with Gasteiger partial charge in [0.05, 0.1) is 0 Å². The van der Waals surface area contributed by atoms with Gasteiger partial charge in [-0.25, -0.2) is 0 Å². The first kappa shape index (κ1) is 8.05. The third-order valence-electron chi connectivity index (χ3n) is 2.15. The van der Waals surface area contributed by atoms with E-state index in [0.29, 0.717) is 0 Å². The predicted octanol–water partition coefficient (Wildman–Crippen LogP) is 2.58. The van der Waals surface area contributed by atoms with Crippen LogP contribution in [-0.4, -0.2) is 12.0 Å². The molecule has 0 saturated heterocycles. The monoisotopic (exact) mass is 172 g/mol. The fourth-order valence-electron chi connectivity index (χ4n) is 1.41. The molecular formula is C11H12N2. The van der Waals surface area contributed by atoms with Gasteiger partial charge < -0.3 is 5.32 Å². The lowest BCUT2D eigenvalue weighted by Crippen LogP contribution is -1.88. The number of aromatic nitrogens is 1. The minimum absolute atomic E-state index is 1.06. The zero-order valence-corrected chi connectivity index (χ0v) is 7.83. The summed E-state index contributed by atoms with van der Waals surface area (Å²) < 4.78 is 0. The SMILES string of the molecule is CNc1ccc2cnc(C)cc2c1. The van der Waals surface area contributed by atoms with Crippen molar-refractivity contribution in [1.29, 1.82) is 0 Å². The summed E-state index contributed by atoms with van der Waals surface area (Å²) in [6, 6.07) is 8.35. The number of hydrogen-bond donors (Lipinski definition) is 1. The summed E-state index contributed by atoms with van der Waals surface area (Å²) in [7, 11) is 1.93. The molecule has 0 aliphatic rings. The Morgan fingerprint density at radius 3 is 2.77 bits per heavy atom. The van der Waals surface area contributed by atoms with E-state index < -0.39 is 0 Å². The molecule has 0 amide bonds. The van der Waals surface area contributed by atoms with E-state index in [0.717, 1.165) is 11.4 Å². The largest absolute Gasteiger partial charge is 0.388 e. The summed E-state index contributed by atoms with van der Waals surface area (Å²) in [5.41, 5.74) is 2.19. The molecule has 0 saturated carbocycles. The Kier molecular flexibility index (Phi) is 1.89. The summed E-state index contributed by atoms with van der Waals surface area (Å²) in [4.78, 5) is 4.24. The molecule has 0 atom stereocenters. The van der Waals surface area contributed by atoms with Crippen LogP contribution in [-0.2, 0) is 0 Å². The summed E-state index contributed by atoms with van der Waals surface area (Å²) >= 11 is 0. The molecule has 2 nitrogen and oxygen atoms in total. The lowest BCUT2D eigenvalue weighted by atomic mass is 10.1. The molecule has 0 aliphatic heterocycles. The molecule has 13 heavy (non-hydrogen) atoms. The lowest BCUT2D eigenvalue weighted by molar-refractivity contribution is 1.22. The Morgan fingerprint density at radius 1 is 1.15 bits per heavy atom. The van der Waals surface area contributed by atoms with Gasteiger partial charge in [0, 0.05) is 30.0 Å². The van der Waals surface area contributed by atoms with Crippen LogP contribution in [0.1, 0.15) is 5.69 Å². The van der Waals surface area contributed by atoms with Crippen molar-refractivity contribution in [2.24, 2.45) is 0 Å². The first-order valence-electron chi connectivity index (χ1n) is 4.34. The maximum atomic E-state index is 4.24. The Labute approximate surface area is 77.6 Å². The maximum absolute atomic E-state index is 4.24. The zero-order chi connectivity index (χ0) is 9.26. The Morgan fingerprint density at radius 2 is 2.00 bits per heavy atom. The molecule has 0 bridgehead atoms. The molecule has 0 fully saturated rings. The van der Waals surface area contributed by atoms with Crippen LogP contribution in [0, 0.1) is 6.92 Å². The molecule has 0 spiro atoms. The highest BCUT2D eigenvalue weighted by molar-refractivity contribution is 5.85. The molecular weight excluding hydrogens is 160 g/mol. The van der Waals surface area contributed by atoms with Crippen molar-refractivity contribution in [3.05, 3.63) is 36.2 Å². The predicted molar refractivity (Wildman–Crippen MR) is 56.0 cm³/mol. The Hall–Kier alpha value is -1.57. The van der Waals surface area contributed by atoms with Crippen LogP contribution < -0.4 is 5.32 Å². The van der Waals surface area contributed by atoms with E-state index in [4.69, 9.17) is 0 Å². The van der Waals surface area contributed by atoms with Crippen LogP contribution >= 0.6 is 0 Å². The average Bonchev–Trinajstić information content (AvgIpc) is 2.16. The summed E-state index contributed by atoms with van der Waals surface area (Å²) in [5.74, 6) is 0. The molecule has 1 aromatic heterocycles. The first-order chi connectivity index (χ1) is 6.29. The van der Waals surface area contributed by atoms with Gasteiger partial charge in [-0.3, -0.25) is 4.98 Å². The second-order valence-electron chi connectivity index (χ2n) is 3.14. The van der Waals surface area contributed by atoms with Crippen molar-refractivity contribution in [3.63, 3.8) is 0 Å². The van der Waals surface area contributed by atoms with Gasteiger partial charge in [-0.15, -0.1) is 0 Å². The van der Waals surface area contributed by atoms with E-state index in [1.165, 1.54) is 10.8 Å². The molecule has 2 aromatic rings.